The first-order valence-corrected chi connectivity index (χ1v) is 8.82. The predicted molar refractivity (Wildman–Crippen MR) is 105 cm³/mol. The minimum Gasteiger partial charge on any atom is -0.494 e. The van der Waals surface area contributed by atoms with Crippen molar-refractivity contribution in [2.24, 2.45) is 0 Å². The molecule has 0 aliphatic rings. The first kappa shape index (κ1) is 25.6. The van der Waals surface area contributed by atoms with E-state index >= 15 is 0 Å². The van der Waals surface area contributed by atoms with Crippen molar-refractivity contribution in [1.29, 1.82) is 0 Å². The van der Waals surface area contributed by atoms with Crippen LogP contribution in [0.15, 0.2) is 24.3 Å². The molecule has 8 heteroatoms. The lowest BCUT2D eigenvalue weighted by atomic mass is 10.1. The van der Waals surface area contributed by atoms with Crippen molar-refractivity contribution in [2.75, 3.05) is 54.1 Å². The van der Waals surface area contributed by atoms with E-state index in [1.165, 1.54) is 29.0 Å². The molecule has 0 atom stereocenters. The number of carbonyl (C=O) groups excluding carboxylic acids is 1. The molecule has 0 N–H and O–H groups in total. The highest BCUT2D eigenvalue weighted by Crippen LogP contribution is 2.31. The largest absolute Gasteiger partial charge is 0.494 e. The molecule has 0 heterocycles. The number of methoxy groups -OCH3 is 1. The van der Waals surface area contributed by atoms with Crippen LogP contribution < -0.4 is 4.74 Å². The first-order valence-electron chi connectivity index (χ1n) is 8.82. The number of unbranched alkanes of at least 4 members (excludes halogenated alkanes) is 1. The summed E-state index contributed by atoms with van der Waals surface area (Å²) in [5.41, 5.74) is -0.119. The molecule has 0 saturated carbocycles. The first-order chi connectivity index (χ1) is 12.3. The van der Waals surface area contributed by atoms with Gasteiger partial charge in [-0.2, -0.15) is 8.78 Å². The number of amides is 1. The Morgan fingerprint density at radius 1 is 1.22 bits per heavy atom. The van der Waals surface area contributed by atoms with Crippen LogP contribution in [0.5, 0.6) is 5.75 Å². The van der Waals surface area contributed by atoms with Gasteiger partial charge in [0, 0.05) is 33.3 Å². The molecule has 0 saturated heterocycles. The highest BCUT2D eigenvalue weighted by atomic mass is 35.5. The molecule has 1 rings (SSSR count). The Bertz CT molecular complexity index is 560. The third kappa shape index (κ3) is 9.35. The number of hydrogen-bond donors (Lipinski definition) is 0. The van der Waals surface area contributed by atoms with Gasteiger partial charge in [-0.15, -0.1) is 12.4 Å². The van der Waals surface area contributed by atoms with E-state index in [4.69, 9.17) is 9.47 Å². The summed E-state index contributed by atoms with van der Waals surface area (Å²) in [7, 11) is 4.71. The van der Waals surface area contributed by atoms with Gasteiger partial charge in [0.05, 0.1) is 26.3 Å². The zero-order valence-electron chi connectivity index (χ0n) is 16.5. The maximum absolute atomic E-state index is 14.8. The second kappa shape index (κ2) is 12.9. The van der Waals surface area contributed by atoms with E-state index < -0.39 is 12.5 Å². The average molecular weight is 409 g/mol. The Balaban J connectivity index is 0.00000676. The van der Waals surface area contributed by atoms with Crippen molar-refractivity contribution in [3.05, 3.63) is 29.8 Å². The second-order valence-corrected chi connectivity index (χ2v) is 6.43. The molecule has 0 aromatic heterocycles. The monoisotopic (exact) mass is 408 g/mol. The molecule has 0 unspecified atom stereocenters. The van der Waals surface area contributed by atoms with E-state index in [0.717, 1.165) is 12.8 Å². The molecule has 27 heavy (non-hydrogen) atoms. The molecule has 0 radical (unpaired) electrons. The molecule has 156 valence electrons. The fourth-order valence-corrected chi connectivity index (χ4v) is 2.29. The summed E-state index contributed by atoms with van der Waals surface area (Å²) in [4.78, 5) is 14.7. The van der Waals surface area contributed by atoms with Gasteiger partial charge in [0.2, 0.25) is 5.91 Å². The standard InChI is InChI=1S/C19H30F2N2O3.ClH/c1-5-6-11-26-17-9-7-8-16(13-17)19(20,21)15-23(10-12-25-4)14-18(24)22(2)3;/h7-9,13H,5-6,10-12,14-15H2,1-4H3;1H. The number of alkyl halides is 2. The number of ether oxygens (including phenoxy) is 2. The Kier molecular flexibility index (Phi) is 12.2. The van der Waals surface area contributed by atoms with Crippen LogP contribution in [-0.2, 0) is 15.5 Å². The number of benzene rings is 1. The summed E-state index contributed by atoms with van der Waals surface area (Å²) in [5.74, 6) is -2.90. The fraction of sp³-hybridized carbons (Fsp3) is 0.632. The number of likely N-dealkylation sites (N-methyl/N-ethyl adjacent to an activating group) is 1. The smallest absolute Gasteiger partial charge is 0.285 e. The Hall–Kier alpha value is -1.44. The maximum atomic E-state index is 14.8. The predicted octanol–water partition coefficient (Wildman–Crippen LogP) is 3.42. The van der Waals surface area contributed by atoms with Crippen LogP contribution in [0.4, 0.5) is 8.78 Å². The topological polar surface area (TPSA) is 42.0 Å². The molecule has 1 aromatic rings. The van der Waals surface area contributed by atoms with Crippen LogP contribution in [0.25, 0.3) is 0 Å². The molecule has 0 fully saturated rings. The summed E-state index contributed by atoms with van der Waals surface area (Å²) in [6.45, 7) is 2.42. The lowest BCUT2D eigenvalue weighted by Crippen LogP contribution is -2.43. The highest BCUT2D eigenvalue weighted by Gasteiger charge is 2.35. The van der Waals surface area contributed by atoms with Gasteiger partial charge in [0.1, 0.15) is 5.75 Å². The molecule has 0 aliphatic carbocycles. The molecular formula is C19H31ClF2N2O3. The van der Waals surface area contributed by atoms with Crippen molar-refractivity contribution in [3.63, 3.8) is 0 Å². The zero-order valence-corrected chi connectivity index (χ0v) is 17.4. The molecule has 0 aliphatic heterocycles. The Morgan fingerprint density at radius 3 is 2.52 bits per heavy atom. The van der Waals surface area contributed by atoms with Gasteiger partial charge in [-0.3, -0.25) is 9.69 Å². The number of carbonyl (C=O) groups is 1. The van der Waals surface area contributed by atoms with Gasteiger partial charge in [-0.05, 0) is 18.6 Å². The van der Waals surface area contributed by atoms with Crippen LogP contribution in [0.3, 0.4) is 0 Å². The minimum absolute atomic E-state index is 0. The zero-order chi connectivity index (χ0) is 19.6. The summed E-state index contributed by atoms with van der Waals surface area (Å²) in [5, 5.41) is 0. The molecule has 0 bridgehead atoms. The van der Waals surface area contributed by atoms with E-state index in [9.17, 15) is 13.6 Å². The van der Waals surface area contributed by atoms with Crippen molar-refractivity contribution >= 4 is 18.3 Å². The average Bonchev–Trinajstić information content (AvgIpc) is 2.59. The maximum Gasteiger partial charge on any atom is 0.285 e. The normalized spacial score (nSPS) is 11.2. The van der Waals surface area contributed by atoms with Gasteiger partial charge in [-0.1, -0.05) is 25.5 Å². The van der Waals surface area contributed by atoms with Gasteiger partial charge in [0.15, 0.2) is 0 Å². The van der Waals surface area contributed by atoms with E-state index in [1.807, 2.05) is 6.92 Å². The second-order valence-electron chi connectivity index (χ2n) is 6.43. The molecule has 5 nitrogen and oxygen atoms in total. The van der Waals surface area contributed by atoms with Crippen molar-refractivity contribution < 1.29 is 23.0 Å². The van der Waals surface area contributed by atoms with Crippen molar-refractivity contribution in [3.8, 4) is 5.75 Å². The van der Waals surface area contributed by atoms with Gasteiger partial charge < -0.3 is 14.4 Å². The summed E-state index contributed by atoms with van der Waals surface area (Å²) in [6.07, 6.45) is 1.85. The highest BCUT2D eigenvalue weighted by molar-refractivity contribution is 5.85. The van der Waals surface area contributed by atoms with Crippen LogP contribution in [0.2, 0.25) is 0 Å². The van der Waals surface area contributed by atoms with Crippen LogP contribution in [0, 0.1) is 0 Å². The fourth-order valence-electron chi connectivity index (χ4n) is 2.29. The summed E-state index contributed by atoms with van der Waals surface area (Å²) < 4.78 is 40.1. The third-order valence-corrected chi connectivity index (χ3v) is 3.91. The van der Waals surface area contributed by atoms with Crippen LogP contribution >= 0.6 is 12.4 Å². The quantitative estimate of drug-likeness (QED) is 0.497. The SMILES string of the molecule is CCCCOc1cccc(C(F)(F)CN(CCOC)CC(=O)N(C)C)c1.Cl. The lowest BCUT2D eigenvalue weighted by Gasteiger charge is -2.28. The lowest BCUT2D eigenvalue weighted by molar-refractivity contribution is -0.131. The summed E-state index contributed by atoms with van der Waals surface area (Å²) >= 11 is 0. The Labute approximate surface area is 167 Å². The van der Waals surface area contributed by atoms with Gasteiger partial charge >= 0.3 is 0 Å². The summed E-state index contributed by atoms with van der Waals surface area (Å²) in [6, 6.07) is 6.00. The van der Waals surface area contributed by atoms with Gasteiger partial charge in [0.25, 0.3) is 5.92 Å². The van der Waals surface area contributed by atoms with E-state index in [1.54, 1.807) is 26.2 Å². The van der Waals surface area contributed by atoms with Crippen LogP contribution in [-0.4, -0.2) is 69.8 Å². The van der Waals surface area contributed by atoms with E-state index in [2.05, 4.69) is 0 Å². The Morgan fingerprint density at radius 2 is 1.93 bits per heavy atom. The van der Waals surface area contributed by atoms with Crippen molar-refractivity contribution in [2.45, 2.75) is 25.7 Å². The van der Waals surface area contributed by atoms with E-state index in [-0.39, 0.29) is 43.6 Å². The molecule has 1 amide bonds. The number of hydrogen-bond acceptors (Lipinski definition) is 4. The molecular weight excluding hydrogens is 378 g/mol. The van der Waals surface area contributed by atoms with Crippen LogP contribution in [0.1, 0.15) is 25.3 Å². The number of rotatable bonds is 12. The minimum atomic E-state index is -3.11. The molecule has 1 aromatic carbocycles. The van der Waals surface area contributed by atoms with E-state index in [0.29, 0.717) is 12.4 Å². The number of halogens is 3. The third-order valence-electron chi connectivity index (χ3n) is 3.91. The molecule has 0 spiro atoms. The number of nitrogens with zero attached hydrogens (tertiary/aromatic N) is 2. The van der Waals surface area contributed by atoms with Gasteiger partial charge in [-0.25, -0.2) is 0 Å². The van der Waals surface area contributed by atoms with Crippen molar-refractivity contribution in [1.82, 2.24) is 9.80 Å².